The van der Waals surface area contributed by atoms with Gasteiger partial charge in [-0.1, -0.05) is 6.92 Å². The minimum atomic E-state index is -0.909. The maximum Gasteiger partial charge on any atom is 0.237 e. The van der Waals surface area contributed by atoms with Crippen molar-refractivity contribution in [2.24, 2.45) is 5.92 Å². The largest absolute Gasteiger partial charge is 0.388 e. The molecule has 17 heavy (non-hydrogen) atoms. The standard InChI is InChI=1S/C12H24N2O3/c1-9-4-6-13-10(9)11(15)14-8-12(2,16)5-7-17-3/h9-10,13,16H,4-8H2,1-3H3,(H,14,15). The lowest BCUT2D eigenvalue weighted by Gasteiger charge is -2.25. The third-order valence-electron chi connectivity index (χ3n) is 3.30. The predicted molar refractivity (Wildman–Crippen MR) is 65.7 cm³/mol. The van der Waals surface area contributed by atoms with Crippen molar-refractivity contribution in [2.45, 2.75) is 38.3 Å². The van der Waals surface area contributed by atoms with E-state index < -0.39 is 5.60 Å². The van der Waals surface area contributed by atoms with Crippen molar-refractivity contribution in [3.8, 4) is 0 Å². The van der Waals surface area contributed by atoms with E-state index in [1.807, 2.05) is 0 Å². The smallest absolute Gasteiger partial charge is 0.237 e. The van der Waals surface area contributed by atoms with Crippen LogP contribution in [-0.4, -0.2) is 49.5 Å². The molecule has 3 N–H and O–H groups in total. The summed E-state index contributed by atoms with van der Waals surface area (Å²) in [6, 6.07) is -0.117. The lowest BCUT2D eigenvalue weighted by molar-refractivity contribution is -0.124. The van der Waals surface area contributed by atoms with Crippen LogP contribution in [0.2, 0.25) is 0 Å². The van der Waals surface area contributed by atoms with Crippen molar-refractivity contribution in [1.29, 1.82) is 0 Å². The van der Waals surface area contributed by atoms with Gasteiger partial charge in [0.2, 0.25) is 5.91 Å². The van der Waals surface area contributed by atoms with Gasteiger partial charge in [-0.15, -0.1) is 0 Å². The van der Waals surface area contributed by atoms with Gasteiger partial charge in [0.05, 0.1) is 11.6 Å². The first kappa shape index (κ1) is 14.4. The van der Waals surface area contributed by atoms with E-state index in [4.69, 9.17) is 4.74 Å². The van der Waals surface area contributed by atoms with Gasteiger partial charge in [0.15, 0.2) is 0 Å². The summed E-state index contributed by atoms with van der Waals surface area (Å²) in [7, 11) is 1.60. The summed E-state index contributed by atoms with van der Waals surface area (Å²) in [4.78, 5) is 11.9. The highest BCUT2D eigenvalue weighted by Gasteiger charge is 2.30. The quantitative estimate of drug-likeness (QED) is 0.609. The normalized spacial score (nSPS) is 27.8. The number of carbonyl (C=O) groups is 1. The summed E-state index contributed by atoms with van der Waals surface area (Å²) in [5.41, 5.74) is -0.909. The highest BCUT2D eigenvalue weighted by molar-refractivity contribution is 5.82. The minimum Gasteiger partial charge on any atom is -0.388 e. The molecule has 1 saturated heterocycles. The fourth-order valence-electron chi connectivity index (χ4n) is 1.98. The van der Waals surface area contributed by atoms with Crippen LogP contribution in [0, 0.1) is 5.92 Å². The third kappa shape index (κ3) is 4.61. The predicted octanol–water partition coefficient (Wildman–Crippen LogP) is -0.112. The Balaban J connectivity index is 2.31. The van der Waals surface area contributed by atoms with Crippen LogP contribution in [-0.2, 0) is 9.53 Å². The molecule has 0 aliphatic carbocycles. The Hall–Kier alpha value is -0.650. The fraction of sp³-hybridized carbons (Fsp3) is 0.917. The molecule has 3 atom stereocenters. The molecule has 0 radical (unpaired) electrons. The molecule has 1 aliphatic heterocycles. The second-order valence-corrected chi connectivity index (χ2v) is 5.16. The molecule has 0 bridgehead atoms. The van der Waals surface area contributed by atoms with Gasteiger partial charge >= 0.3 is 0 Å². The van der Waals surface area contributed by atoms with E-state index >= 15 is 0 Å². The Morgan fingerprint density at radius 1 is 1.65 bits per heavy atom. The number of hydrogen-bond acceptors (Lipinski definition) is 4. The van der Waals surface area contributed by atoms with E-state index in [9.17, 15) is 9.90 Å². The van der Waals surface area contributed by atoms with Gasteiger partial charge < -0.3 is 20.5 Å². The second kappa shape index (κ2) is 6.33. The first-order chi connectivity index (χ1) is 7.96. The number of aliphatic hydroxyl groups is 1. The molecule has 0 aromatic carbocycles. The molecular formula is C12H24N2O3. The van der Waals surface area contributed by atoms with Crippen LogP contribution < -0.4 is 10.6 Å². The van der Waals surface area contributed by atoms with E-state index in [2.05, 4.69) is 17.6 Å². The topological polar surface area (TPSA) is 70.6 Å². The van der Waals surface area contributed by atoms with Crippen molar-refractivity contribution >= 4 is 5.91 Å². The summed E-state index contributed by atoms with van der Waals surface area (Å²) < 4.78 is 4.92. The van der Waals surface area contributed by atoms with Crippen LogP contribution >= 0.6 is 0 Å². The Bertz CT molecular complexity index is 256. The highest BCUT2D eigenvalue weighted by Crippen LogP contribution is 2.15. The Kier molecular flexibility index (Phi) is 5.36. The zero-order valence-corrected chi connectivity index (χ0v) is 11.0. The van der Waals surface area contributed by atoms with E-state index in [0.717, 1.165) is 13.0 Å². The monoisotopic (exact) mass is 244 g/mol. The van der Waals surface area contributed by atoms with Crippen LogP contribution in [0.3, 0.4) is 0 Å². The summed E-state index contributed by atoms with van der Waals surface area (Å²) in [6.07, 6.45) is 1.54. The van der Waals surface area contributed by atoms with E-state index in [1.54, 1.807) is 14.0 Å². The molecular weight excluding hydrogens is 220 g/mol. The fourth-order valence-corrected chi connectivity index (χ4v) is 1.98. The van der Waals surface area contributed by atoms with Crippen molar-refractivity contribution < 1.29 is 14.6 Å². The highest BCUT2D eigenvalue weighted by atomic mass is 16.5. The molecule has 0 aromatic heterocycles. The molecule has 0 aromatic rings. The molecule has 1 rings (SSSR count). The summed E-state index contributed by atoms with van der Waals surface area (Å²) in [6.45, 7) is 5.41. The number of rotatable bonds is 6. The van der Waals surface area contributed by atoms with Gasteiger partial charge in [0, 0.05) is 26.7 Å². The number of ether oxygens (including phenoxy) is 1. The average Bonchev–Trinajstić information content (AvgIpc) is 2.70. The van der Waals surface area contributed by atoms with Crippen LogP contribution in [0.25, 0.3) is 0 Å². The number of amides is 1. The molecule has 0 saturated carbocycles. The zero-order chi connectivity index (χ0) is 12.9. The lowest BCUT2D eigenvalue weighted by atomic mass is 10.0. The number of hydrogen-bond donors (Lipinski definition) is 3. The number of nitrogens with one attached hydrogen (secondary N) is 2. The Morgan fingerprint density at radius 3 is 2.88 bits per heavy atom. The molecule has 1 aliphatic rings. The van der Waals surface area contributed by atoms with Crippen LogP contribution in [0.1, 0.15) is 26.7 Å². The molecule has 1 amide bonds. The van der Waals surface area contributed by atoms with E-state index in [1.165, 1.54) is 0 Å². The molecule has 100 valence electrons. The maximum atomic E-state index is 11.9. The van der Waals surface area contributed by atoms with Crippen LogP contribution in [0.15, 0.2) is 0 Å². The summed E-state index contributed by atoms with van der Waals surface area (Å²) in [5.74, 6) is 0.339. The van der Waals surface area contributed by atoms with Gasteiger partial charge in [-0.05, 0) is 25.8 Å². The molecule has 1 fully saturated rings. The maximum absolute atomic E-state index is 11.9. The lowest BCUT2D eigenvalue weighted by Crippen LogP contribution is -2.48. The van der Waals surface area contributed by atoms with Gasteiger partial charge in [-0.3, -0.25) is 4.79 Å². The molecule has 3 unspecified atom stereocenters. The van der Waals surface area contributed by atoms with Gasteiger partial charge in [0.25, 0.3) is 0 Å². The van der Waals surface area contributed by atoms with Gasteiger partial charge in [-0.25, -0.2) is 0 Å². The number of carbonyl (C=O) groups excluding carboxylic acids is 1. The Labute approximate surface area is 103 Å². The minimum absolute atomic E-state index is 0.0207. The Morgan fingerprint density at radius 2 is 2.35 bits per heavy atom. The molecule has 5 heteroatoms. The molecule has 1 heterocycles. The molecule has 0 spiro atoms. The number of methoxy groups -OCH3 is 1. The van der Waals surface area contributed by atoms with Crippen LogP contribution in [0.5, 0.6) is 0 Å². The van der Waals surface area contributed by atoms with Gasteiger partial charge in [-0.2, -0.15) is 0 Å². The molecule has 5 nitrogen and oxygen atoms in total. The second-order valence-electron chi connectivity index (χ2n) is 5.16. The summed E-state index contributed by atoms with van der Waals surface area (Å²) in [5, 5.41) is 16.0. The first-order valence-electron chi connectivity index (χ1n) is 6.19. The van der Waals surface area contributed by atoms with Crippen molar-refractivity contribution in [2.75, 3.05) is 26.8 Å². The van der Waals surface area contributed by atoms with E-state index in [-0.39, 0.29) is 18.5 Å². The average molecular weight is 244 g/mol. The van der Waals surface area contributed by atoms with Crippen molar-refractivity contribution in [3.05, 3.63) is 0 Å². The van der Waals surface area contributed by atoms with Crippen LogP contribution in [0.4, 0.5) is 0 Å². The van der Waals surface area contributed by atoms with Crippen molar-refractivity contribution in [3.63, 3.8) is 0 Å². The summed E-state index contributed by atoms with van der Waals surface area (Å²) >= 11 is 0. The first-order valence-corrected chi connectivity index (χ1v) is 6.19. The third-order valence-corrected chi connectivity index (χ3v) is 3.30. The SMILES string of the molecule is COCCC(C)(O)CNC(=O)C1NCCC1C. The zero-order valence-electron chi connectivity index (χ0n) is 11.0. The van der Waals surface area contributed by atoms with E-state index in [0.29, 0.717) is 18.9 Å². The van der Waals surface area contributed by atoms with Gasteiger partial charge in [0.1, 0.15) is 0 Å². The van der Waals surface area contributed by atoms with Crippen molar-refractivity contribution in [1.82, 2.24) is 10.6 Å².